The Kier molecular flexibility index (Phi) is 5.44. The average Bonchev–Trinajstić information content (AvgIpc) is 2.77. The van der Waals surface area contributed by atoms with Crippen molar-refractivity contribution >= 4 is 34.7 Å². The van der Waals surface area contributed by atoms with E-state index in [1.54, 1.807) is 4.90 Å². The molecule has 0 aromatic heterocycles. The van der Waals surface area contributed by atoms with Crippen molar-refractivity contribution in [2.24, 2.45) is 11.8 Å². The molecule has 2 fully saturated rings. The van der Waals surface area contributed by atoms with Crippen molar-refractivity contribution in [2.75, 3.05) is 31.9 Å². The fourth-order valence-corrected chi connectivity index (χ4v) is 3.68. The molecule has 2 rings (SSSR count). The van der Waals surface area contributed by atoms with E-state index in [1.807, 2.05) is 0 Å². The summed E-state index contributed by atoms with van der Waals surface area (Å²) < 4.78 is 0. The SMILES string of the molecule is CC1CC(C)CN(C(=O)C(=O)NCCN2C(=O)CSC2=O)C1. The molecular formula is C14H21N3O4S. The molecule has 0 spiro atoms. The monoisotopic (exact) mass is 327 g/mol. The summed E-state index contributed by atoms with van der Waals surface area (Å²) in [5.41, 5.74) is 0. The van der Waals surface area contributed by atoms with Crippen molar-refractivity contribution in [3.8, 4) is 0 Å². The van der Waals surface area contributed by atoms with Crippen molar-refractivity contribution in [2.45, 2.75) is 20.3 Å². The van der Waals surface area contributed by atoms with Crippen LogP contribution in [0.2, 0.25) is 0 Å². The topological polar surface area (TPSA) is 86.8 Å². The molecule has 2 aliphatic rings. The van der Waals surface area contributed by atoms with E-state index in [1.165, 1.54) is 0 Å². The third-order valence-electron chi connectivity index (χ3n) is 3.81. The molecule has 0 aliphatic carbocycles. The number of carbonyl (C=O) groups is 4. The smallest absolute Gasteiger partial charge is 0.311 e. The minimum absolute atomic E-state index is 0.0988. The minimum atomic E-state index is -0.673. The molecule has 2 heterocycles. The molecular weight excluding hydrogens is 306 g/mol. The molecule has 0 bridgehead atoms. The Morgan fingerprint density at radius 2 is 1.86 bits per heavy atom. The van der Waals surface area contributed by atoms with Gasteiger partial charge < -0.3 is 10.2 Å². The summed E-state index contributed by atoms with van der Waals surface area (Å²) in [6, 6.07) is 0. The third-order valence-corrected chi connectivity index (χ3v) is 4.67. The maximum atomic E-state index is 12.1. The molecule has 2 aliphatic heterocycles. The molecule has 0 aromatic carbocycles. The fraction of sp³-hybridized carbons (Fsp3) is 0.714. The molecule has 7 nitrogen and oxygen atoms in total. The van der Waals surface area contributed by atoms with Gasteiger partial charge in [-0.25, -0.2) is 0 Å². The predicted octanol–water partition coefficient (Wildman–Crippen LogP) is 0.303. The second kappa shape index (κ2) is 7.13. The van der Waals surface area contributed by atoms with E-state index < -0.39 is 11.8 Å². The Hall–Kier alpha value is -1.57. The molecule has 2 saturated heterocycles. The molecule has 8 heteroatoms. The van der Waals surface area contributed by atoms with Gasteiger partial charge in [-0.3, -0.25) is 24.1 Å². The Morgan fingerprint density at radius 1 is 1.23 bits per heavy atom. The number of imide groups is 1. The zero-order valence-electron chi connectivity index (χ0n) is 12.8. The summed E-state index contributed by atoms with van der Waals surface area (Å²) in [5, 5.41) is 2.19. The number of rotatable bonds is 3. The highest BCUT2D eigenvalue weighted by molar-refractivity contribution is 8.14. The number of carbonyl (C=O) groups excluding carboxylic acids is 4. The van der Waals surface area contributed by atoms with Gasteiger partial charge in [0.25, 0.3) is 5.24 Å². The molecule has 0 saturated carbocycles. The van der Waals surface area contributed by atoms with Crippen LogP contribution >= 0.6 is 11.8 Å². The largest absolute Gasteiger partial charge is 0.346 e. The fourth-order valence-electron chi connectivity index (χ4n) is 2.93. The lowest BCUT2D eigenvalue weighted by Crippen LogP contribution is -2.50. The van der Waals surface area contributed by atoms with Gasteiger partial charge in [-0.1, -0.05) is 25.6 Å². The Labute approximate surface area is 133 Å². The summed E-state index contributed by atoms with van der Waals surface area (Å²) in [7, 11) is 0. The molecule has 22 heavy (non-hydrogen) atoms. The maximum Gasteiger partial charge on any atom is 0.311 e. The van der Waals surface area contributed by atoms with Crippen LogP contribution in [0.3, 0.4) is 0 Å². The van der Waals surface area contributed by atoms with E-state index in [2.05, 4.69) is 19.2 Å². The molecule has 2 atom stereocenters. The van der Waals surface area contributed by atoms with Crippen LogP contribution in [0.1, 0.15) is 20.3 Å². The van der Waals surface area contributed by atoms with Gasteiger partial charge in [-0.2, -0.15) is 0 Å². The van der Waals surface area contributed by atoms with Crippen LogP contribution in [-0.4, -0.2) is 64.7 Å². The number of nitrogens with one attached hydrogen (secondary N) is 1. The zero-order valence-corrected chi connectivity index (χ0v) is 13.6. The number of likely N-dealkylation sites (tertiary alicyclic amines) is 1. The van der Waals surface area contributed by atoms with E-state index in [4.69, 9.17) is 0 Å². The van der Waals surface area contributed by atoms with Gasteiger partial charge in [0, 0.05) is 26.2 Å². The average molecular weight is 327 g/mol. The summed E-state index contributed by atoms with van der Waals surface area (Å²) in [5.74, 6) is -0.543. The third kappa shape index (κ3) is 4.00. The molecule has 0 radical (unpaired) electrons. The van der Waals surface area contributed by atoms with Crippen LogP contribution in [0.5, 0.6) is 0 Å². The Morgan fingerprint density at radius 3 is 2.41 bits per heavy atom. The van der Waals surface area contributed by atoms with E-state index in [0.29, 0.717) is 24.9 Å². The number of hydrogen-bond acceptors (Lipinski definition) is 5. The molecule has 1 N–H and O–H groups in total. The second-order valence-corrected chi connectivity index (χ2v) is 6.94. The van der Waals surface area contributed by atoms with Gasteiger partial charge >= 0.3 is 11.8 Å². The summed E-state index contributed by atoms with van der Waals surface area (Å²) >= 11 is 0.951. The van der Waals surface area contributed by atoms with E-state index in [9.17, 15) is 19.2 Å². The summed E-state index contributed by atoms with van der Waals surface area (Å²) in [4.78, 5) is 49.5. The van der Waals surface area contributed by atoms with Crippen LogP contribution in [0.25, 0.3) is 0 Å². The first-order valence-electron chi connectivity index (χ1n) is 7.42. The van der Waals surface area contributed by atoms with Gasteiger partial charge in [-0.15, -0.1) is 0 Å². The van der Waals surface area contributed by atoms with E-state index in [-0.39, 0.29) is 30.0 Å². The molecule has 122 valence electrons. The van der Waals surface area contributed by atoms with Gasteiger partial charge in [-0.05, 0) is 18.3 Å². The van der Waals surface area contributed by atoms with Crippen LogP contribution in [-0.2, 0) is 14.4 Å². The van der Waals surface area contributed by atoms with Crippen LogP contribution < -0.4 is 5.32 Å². The predicted molar refractivity (Wildman–Crippen MR) is 82.1 cm³/mol. The highest BCUT2D eigenvalue weighted by Crippen LogP contribution is 2.21. The highest BCUT2D eigenvalue weighted by atomic mass is 32.2. The van der Waals surface area contributed by atoms with Crippen molar-refractivity contribution in [3.05, 3.63) is 0 Å². The van der Waals surface area contributed by atoms with Gasteiger partial charge in [0.2, 0.25) is 5.91 Å². The second-order valence-electron chi connectivity index (χ2n) is 6.01. The van der Waals surface area contributed by atoms with Gasteiger partial charge in [0.05, 0.1) is 5.75 Å². The summed E-state index contributed by atoms with van der Waals surface area (Å²) in [6.45, 7) is 5.52. The van der Waals surface area contributed by atoms with Gasteiger partial charge in [0.15, 0.2) is 0 Å². The number of piperidine rings is 1. The van der Waals surface area contributed by atoms with Crippen LogP contribution in [0, 0.1) is 11.8 Å². The first-order chi connectivity index (χ1) is 10.4. The first kappa shape index (κ1) is 16.8. The van der Waals surface area contributed by atoms with Crippen LogP contribution in [0.4, 0.5) is 4.79 Å². The summed E-state index contributed by atoms with van der Waals surface area (Å²) in [6.07, 6.45) is 1.06. The molecule has 2 unspecified atom stereocenters. The lowest BCUT2D eigenvalue weighted by atomic mass is 9.92. The molecule has 4 amide bonds. The lowest BCUT2D eigenvalue weighted by Gasteiger charge is -2.34. The van der Waals surface area contributed by atoms with Crippen molar-refractivity contribution in [1.82, 2.24) is 15.1 Å². The quantitative estimate of drug-likeness (QED) is 0.754. The van der Waals surface area contributed by atoms with Gasteiger partial charge in [0.1, 0.15) is 0 Å². The number of amides is 4. The Bertz CT molecular complexity index is 470. The van der Waals surface area contributed by atoms with Crippen LogP contribution in [0.15, 0.2) is 0 Å². The number of thioether (sulfide) groups is 1. The number of hydrogen-bond donors (Lipinski definition) is 1. The minimum Gasteiger partial charge on any atom is -0.346 e. The maximum absolute atomic E-state index is 12.1. The van der Waals surface area contributed by atoms with Crippen molar-refractivity contribution in [1.29, 1.82) is 0 Å². The Balaban J connectivity index is 1.78. The highest BCUT2D eigenvalue weighted by Gasteiger charge is 2.31. The normalized spacial score (nSPS) is 25.5. The first-order valence-corrected chi connectivity index (χ1v) is 8.41. The zero-order chi connectivity index (χ0) is 16.3. The molecule has 0 aromatic rings. The lowest BCUT2D eigenvalue weighted by molar-refractivity contribution is -0.147. The van der Waals surface area contributed by atoms with Crippen molar-refractivity contribution in [3.63, 3.8) is 0 Å². The number of nitrogens with zero attached hydrogens (tertiary/aromatic N) is 2. The van der Waals surface area contributed by atoms with E-state index >= 15 is 0 Å². The van der Waals surface area contributed by atoms with E-state index in [0.717, 1.165) is 23.1 Å². The van der Waals surface area contributed by atoms with Crippen molar-refractivity contribution < 1.29 is 19.2 Å². The standard InChI is InChI=1S/C14H21N3O4S/c1-9-5-10(2)7-16(6-9)13(20)12(19)15-3-4-17-11(18)8-22-14(17)21/h9-10H,3-8H2,1-2H3,(H,15,19).